The van der Waals surface area contributed by atoms with Crippen molar-refractivity contribution < 1.29 is 4.74 Å². The summed E-state index contributed by atoms with van der Waals surface area (Å²) in [6.45, 7) is 6.17. The molecule has 0 spiro atoms. The monoisotopic (exact) mass is 395 g/mol. The first-order valence-electron chi connectivity index (χ1n) is 7.69. The van der Waals surface area contributed by atoms with Crippen molar-refractivity contribution in [3.8, 4) is 0 Å². The molecule has 1 aliphatic carbocycles. The van der Waals surface area contributed by atoms with Gasteiger partial charge in [0.1, 0.15) is 0 Å². The number of rotatable bonds is 5. The highest BCUT2D eigenvalue weighted by atomic mass is 127. The second-order valence-electron chi connectivity index (χ2n) is 6.46. The van der Waals surface area contributed by atoms with Crippen LogP contribution in [0.3, 0.4) is 0 Å². The molecule has 2 rings (SSSR count). The molecule has 1 atom stereocenters. The minimum absolute atomic E-state index is 0. The van der Waals surface area contributed by atoms with Crippen molar-refractivity contribution in [2.75, 3.05) is 33.4 Å². The van der Waals surface area contributed by atoms with Crippen molar-refractivity contribution in [1.29, 1.82) is 0 Å². The van der Waals surface area contributed by atoms with Crippen LogP contribution in [0.2, 0.25) is 0 Å². The van der Waals surface area contributed by atoms with E-state index < -0.39 is 0 Å². The van der Waals surface area contributed by atoms with E-state index in [2.05, 4.69) is 11.8 Å². The topological polar surface area (TPSA) is 50.9 Å². The highest BCUT2D eigenvalue weighted by Gasteiger charge is 2.36. The van der Waals surface area contributed by atoms with Gasteiger partial charge >= 0.3 is 0 Å². The van der Waals surface area contributed by atoms with Crippen molar-refractivity contribution in [1.82, 2.24) is 4.90 Å². The van der Waals surface area contributed by atoms with Crippen LogP contribution in [0.1, 0.15) is 45.4 Å². The minimum Gasteiger partial charge on any atom is -0.385 e. The van der Waals surface area contributed by atoms with Crippen LogP contribution in [0, 0.1) is 11.3 Å². The maximum atomic E-state index is 6.17. The Morgan fingerprint density at radius 3 is 2.70 bits per heavy atom. The zero-order valence-corrected chi connectivity index (χ0v) is 15.3. The van der Waals surface area contributed by atoms with Crippen molar-refractivity contribution in [2.45, 2.75) is 45.4 Å². The Labute approximate surface area is 140 Å². The maximum absolute atomic E-state index is 6.17. The molecule has 1 saturated heterocycles. The van der Waals surface area contributed by atoms with Gasteiger partial charge in [-0.15, -0.1) is 24.0 Å². The molecule has 2 aliphatic rings. The Bertz CT molecular complexity index is 318. The second kappa shape index (κ2) is 8.41. The van der Waals surface area contributed by atoms with Gasteiger partial charge in [0.25, 0.3) is 0 Å². The van der Waals surface area contributed by atoms with E-state index in [1.165, 1.54) is 32.1 Å². The molecule has 1 saturated carbocycles. The van der Waals surface area contributed by atoms with Crippen LogP contribution < -0.4 is 5.73 Å². The number of halogens is 1. The summed E-state index contributed by atoms with van der Waals surface area (Å²) >= 11 is 0. The number of aliphatic imine (C=N–C) groups is 1. The number of hydrogen-bond acceptors (Lipinski definition) is 2. The zero-order valence-electron chi connectivity index (χ0n) is 12.9. The first kappa shape index (κ1) is 18.0. The fourth-order valence-electron chi connectivity index (χ4n) is 3.23. The number of guanidine groups is 1. The van der Waals surface area contributed by atoms with E-state index in [1.807, 2.05) is 0 Å². The van der Waals surface area contributed by atoms with Crippen molar-refractivity contribution in [2.24, 2.45) is 22.1 Å². The molecule has 5 heteroatoms. The Balaban J connectivity index is 0.00000200. The van der Waals surface area contributed by atoms with Crippen LogP contribution in [0.25, 0.3) is 0 Å². The highest BCUT2D eigenvalue weighted by Crippen LogP contribution is 2.44. The minimum atomic E-state index is 0. The zero-order chi connectivity index (χ0) is 13.7. The summed E-state index contributed by atoms with van der Waals surface area (Å²) in [6, 6.07) is 0. The smallest absolute Gasteiger partial charge is 0.191 e. The predicted octanol–water partition coefficient (Wildman–Crippen LogP) is 2.86. The van der Waals surface area contributed by atoms with Crippen LogP contribution in [0.5, 0.6) is 0 Å². The van der Waals surface area contributed by atoms with Gasteiger partial charge in [0.05, 0.1) is 0 Å². The molecular formula is C15H30IN3O. The lowest BCUT2D eigenvalue weighted by Gasteiger charge is -2.41. The molecule has 0 aromatic heterocycles. The third kappa shape index (κ3) is 4.76. The number of piperidine rings is 1. The number of likely N-dealkylation sites (tertiary alicyclic amines) is 1. The van der Waals surface area contributed by atoms with E-state index in [9.17, 15) is 0 Å². The number of ether oxygens (including phenoxy) is 1. The van der Waals surface area contributed by atoms with Crippen molar-refractivity contribution in [3.05, 3.63) is 0 Å². The van der Waals surface area contributed by atoms with Crippen LogP contribution in [-0.2, 0) is 4.74 Å². The second-order valence-corrected chi connectivity index (χ2v) is 6.46. The molecule has 20 heavy (non-hydrogen) atoms. The molecule has 1 heterocycles. The predicted molar refractivity (Wildman–Crippen MR) is 94.7 cm³/mol. The van der Waals surface area contributed by atoms with Gasteiger partial charge in [0.15, 0.2) is 5.96 Å². The van der Waals surface area contributed by atoms with Gasteiger partial charge in [0, 0.05) is 33.4 Å². The maximum Gasteiger partial charge on any atom is 0.191 e. The van der Waals surface area contributed by atoms with Gasteiger partial charge in [-0.1, -0.05) is 13.3 Å². The van der Waals surface area contributed by atoms with Crippen LogP contribution in [0.4, 0.5) is 0 Å². The van der Waals surface area contributed by atoms with E-state index in [0.29, 0.717) is 5.41 Å². The molecule has 0 aromatic carbocycles. The summed E-state index contributed by atoms with van der Waals surface area (Å²) < 4.78 is 5.22. The number of nitrogens with two attached hydrogens (primary N) is 1. The molecule has 1 aliphatic heterocycles. The molecule has 2 fully saturated rings. The van der Waals surface area contributed by atoms with E-state index >= 15 is 0 Å². The van der Waals surface area contributed by atoms with Gasteiger partial charge in [-0.3, -0.25) is 4.99 Å². The molecule has 0 aromatic rings. The molecule has 4 nitrogen and oxygen atoms in total. The fourth-order valence-corrected chi connectivity index (χ4v) is 3.23. The lowest BCUT2D eigenvalue weighted by atomic mass is 9.67. The van der Waals surface area contributed by atoms with Crippen LogP contribution in [0.15, 0.2) is 4.99 Å². The Morgan fingerprint density at radius 1 is 1.40 bits per heavy atom. The average Bonchev–Trinajstić information content (AvgIpc) is 2.37. The normalized spacial score (nSPS) is 25.8. The Morgan fingerprint density at radius 2 is 2.15 bits per heavy atom. The van der Waals surface area contributed by atoms with Crippen molar-refractivity contribution in [3.63, 3.8) is 0 Å². The van der Waals surface area contributed by atoms with Gasteiger partial charge < -0.3 is 15.4 Å². The third-order valence-corrected chi connectivity index (χ3v) is 4.81. The lowest BCUT2D eigenvalue weighted by Crippen LogP contribution is -2.44. The van der Waals surface area contributed by atoms with Gasteiger partial charge in [0.2, 0.25) is 0 Å². The van der Waals surface area contributed by atoms with E-state index in [1.54, 1.807) is 7.11 Å². The quantitative estimate of drug-likeness (QED) is 0.443. The summed E-state index contributed by atoms with van der Waals surface area (Å²) in [6.07, 6.45) is 7.58. The summed E-state index contributed by atoms with van der Waals surface area (Å²) in [5.41, 5.74) is 6.55. The van der Waals surface area contributed by atoms with Gasteiger partial charge in [-0.05, 0) is 43.4 Å². The average molecular weight is 395 g/mol. The van der Waals surface area contributed by atoms with Crippen molar-refractivity contribution >= 4 is 29.9 Å². The largest absolute Gasteiger partial charge is 0.385 e. The summed E-state index contributed by atoms with van der Waals surface area (Å²) in [4.78, 5) is 6.95. The summed E-state index contributed by atoms with van der Waals surface area (Å²) in [5, 5.41) is 0. The molecule has 1 unspecified atom stereocenters. The third-order valence-electron chi connectivity index (χ3n) is 4.81. The summed E-state index contributed by atoms with van der Waals surface area (Å²) in [7, 11) is 1.78. The van der Waals surface area contributed by atoms with Crippen LogP contribution in [-0.4, -0.2) is 44.2 Å². The standard InChI is InChI=1S/C15H29N3O.HI/c1-13-5-3-9-18(11-13)14(16)17-12-15(6-4-7-15)8-10-19-2;/h13H,3-12H2,1-2H3,(H2,16,17);1H. The first-order valence-corrected chi connectivity index (χ1v) is 7.69. The van der Waals surface area contributed by atoms with E-state index in [-0.39, 0.29) is 24.0 Å². The molecule has 0 radical (unpaired) electrons. The van der Waals surface area contributed by atoms with Gasteiger partial charge in [-0.2, -0.15) is 0 Å². The van der Waals surface area contributed by atoms with Gasteiger partial charge in [-0.25, -0.2) is 0 Å². The van der Waals surface area contributed by atoms with E-state index in [4.69, 9.17) is 15.5 Å². The molecule has 118 valence electrons. The Kier molecular flexibility index (Phi) is 7.58. The Hall–Kier alpha value is -0.0400. The molecule has 0 bridgehead atoms. The molecule has 0 amide bonds. The molecule has 2 N–H and O–H groups in total. The van der Waals surface area contributed by atoms with Crippen LogP contribution >= 0.6 is 24.0 Å². The fraction of sp³-hybridized carbons (Fsp3) is 0.933. The first-order chi connectivity index (χ1) is 9.15. The SMILES string of the molecule is COCCC1(CN=C(N)N2CCCC(C)C2)CCC1.I. The highest BCUT2D eigenvalue weighted by molar-refractivity contribution is 14.0. The number of nitrogens with zero attached hydrogens (tertiary/aromatic N) is 2. The number of methoxy groups -OCH3 is 1. The summed E-state index contributed by atoms with van der Waals surface area (Å²) in [5.74, 6) is 1.50. The lowest BCUT2D eigenvalue weighted by molar-refractivity contribution is 0.0776. The van der Waals surface area contributed by atoms with E-state index in [0.717, 1.165) is 44.5 Å². The number of hydrogen-bond donors (Lipinski definition) is 1. The molecular weight excluding hydrogens is 365 g/mol.